The van der Waals surface area contributed by atoms with E-state index in [1.807, 2.05) is 0 Å². The summed E-state index contributed by atoms with van der Waals surface area (Å²) >= 11 is 6.13. The van der Waals surface area contributed by atoms with Crippen molar-refractivity contribution < 1.29 is 22.7 Å². The van der Waals surface area contributed by atoms with Gasteiger partial charge in [0, 0.05) is 24.9 Å². The van der Waals surface area contributed by atoms with Crippen LogP contribution in [0.2, 0.25) is 5.02 Å². The van der Waals surface area contributed by atoms with Crippen molar-refractivity contribution in [1.29, 1.82) is 0 Å². The number of anilines is 1. The van der Waals surface area contributed by atoms with E-state index < -0.39 is 15.9 Å². The van der Waals surface area contributed by atoms with Crippen LogP contribution < -0.4 is 14.8 Å². The summed E-state index contributed by atoms with van der Waals surface area (Å²) in [5, 5.41) is 3.09. The van der Waals surface area contributed by atoms with E-state index in [2.05, 4.69) is 5.32 Å². The third kappa shape index (κ3) is 4.24. The topological polar surface area (TPSA) is 84.9 Å². The molecule has 9 heteroatoms. The lowest BCUT2D eigenvalue weighted by Crippen LogP contribution is -2.27. The van der Waals surface area contributed by atoms with Gasteiger partial charge >= 0.3 is 0 Å². The number of hydrogen-bond acceptors (Lipinski definition) is 5. The van der Waals surface area contributed by atoms with Gasteiger partial charge in [0.15, 0.2) is 11.5 Å². The highest BCUT2D eigenvalue weighted by molar-refractivity contribution is 7.89. The molecule has 1 N–H and O–H groups in total. The van der Waals surface area contributed by atoms with Gasteiger partial charge in [-0.2, -0.15) is 4.31 Å². The SMILES string of the molecule is O=C(/C=C/c1cc(Cl)c2c(c1)OCO2)Nc1cccc(S(=O)(=O)N2CCCC2)c1. The maximum Gasteiger partial charge on any atom is 0.248 e. The monoisotopic (exact) mass is 434 g/mol. The Balaban J connectivity index is 1.46. The van der Waals surface area contributed by atoms with E-state index in [4.69, 9.17) is 21.1 Å². The minimum absolute atomic E-state index is 0.111. The van der Waals surface area contributed by atoms with Gasteiger partial charge < -0.3 is 14.8 Å². The Morgan fingerprint density at radius 1 is 1.14 bits per heavy atom. The number of fused-ring (bicyclic) bond motifs is 1. The third-order valence-corrected chi connectivity index (χ3v) is 6.86. The average molecular weight is 435 g/mol. The standard InChI is InChI=1S/C20H19ClN2O5S/c21-17-10-14(11-18-20(17)28-13-27-18)6-7-19(24)22-15-4-3-5-16(12-15)29(25,26)23-8-1-2-9-23/h3-7,10-12H,1-2,8-9,13H2,(H,22,24)/b7-6+. The second kappa shape index (κ2) is 8.06. The molecule has 2 aliphatic heterocycles. The van der Waals surface area contributed by atoms with Gasteiger partial charge in [-0.15, -0.1) is 0 Å². The van der Waals surface area contributed by atoms with Gasteiger partial charge in [0.2, 0.25) is 22.7 Å². The number of carbonyl (C=O) groups excluding carboxylic acids is 1. The number of halogens is 1. The molecule has 2 aromatic rings. The van der Waals surface area contributed by atoms with Gasteiger partial charge in [0.05, 0.1) is 9.92 Å². The van der Waals surface area contributed by atoms with Crippen LogP contribution in [-0.2, 0) is 14.8 Å². The highest BCUT2D eigenvalue weighted by Gasteiger charge is 2.27. The van der Waals surface area contributed by atoms with Crippen molar-refractivity contribution >= 4 is 39.3 Å². The van der Waals surface area contributed by atoms with Gasteiger partial charge in [-0.3, -0.25) is 4.79 Å². The van der Waals surface area contributed by atoms with Crippen LogP contribution in [0.15, 0.2) is 47.4 Å². The number of ether oxygens (including phenoxy) is 2. The van der Waals surface area contributed by atoms with Crippen molar-refractivity contribution in [3.8, 4) is 11.5 Å². The fraction of sp³-hybridized carbons (Fsp3) is 0.250. The molecule has 7 nitrogen and oxygen atoms in total. The lowest BCUT2D eigenvalue weighted by molar-refractivity contribution is -0.111. The Hall–Kier alpha value is -2.55. The average Bonchev–Trinajstić information content (AvgIpc) is 3.39. The van der Waals surface area contributed by atoms with Gasteiger partial charge in [0.25, 0.3) is 0 Å². The number of rotatable bonds is 5. The molecule has 0 bridgehead atoms. The summed E-state index contributed by atoms with van der Waals surface area (Å²) in [6.45, 7) is 1.17. The molecule has 0 spiro atoms. The zero-order valence-corrected chi connectivity index (χ0v) is 17.0. The van der Waals surface area contributed by atoms with E-state index in [9.17, 15) is 13.2 Å². The molecular formula is C20H19ClN2O5S. The van der Waals surface area contributed by atoms with Crippen molar-refractivity contribution in [1.82, 2.24) is 4.31 Å². The van der Waals surface area contributed by atoms with E-state index in [1.165, 1.54) is 22.5 Å². The number of carbonyl (C=O) groups is 1. The molecule has 2 aromatic carbocycles. The van der Waals surface area contributed by atoms with Gasteiger partial charge in [-0.25, -0.2) is 8.42 Å². The number of nitrogens with zero attached hydrogens (tertiary/aromatic N) is 1. The maximum atomic E-state index is 12.7. The summed E-state index contributed by atoms with van der Waals surface area (Å²) in [5.41, 5.74) is 1.09. The van der Waals surface area contributed by atoms with Crippen LogP contribution in [0, 0.1) is 0 Å². The summed E-state index contributed by atoms with van der Waals surface area (Å²) < 4.78 is 37.4. The Labute approximate surface area is 173 Å². The highest BCUT2D eigenvalue weighted by Crippen LogP contribution is 2.40. The van der Waals surface area contributed by atoms with Gasteiger partial charge in [-0.1, -0.05) is 17.7 Å². The van der Waals surface area contributed by atoms with Crippen LogP contribution in [0.3, 0.4) is 0 Å². The molecule has 0 unspecified atom stereocenters. The number of benzene rings is 2. The van der Waals surface area contributed by atoms with Crippen LogP contribution in [0.25, 0.3) is 6.08 Å². The first-order chi connectivity index (χ1) is 13.9. The van der Waals surface area contributed by atoms with Gasteiger partial charge in [0.1, 0.15) is 0 Å². The summed E-state index contributed by atoms with van der Waals surface area (Å²) in [4.78, 5) is 12.4. The molecule has 29 heavy (non-hydrogen) atoms. The van der Waals surface area contributed by atoms with E-state index in [0.717, 1.165) is 12.8 Å². The van der Waals surface area contributed by atoms with Crippen LogP contribution in [0.5, 0.6) is 11.5 Å². The molecular weight excluding hydrogens is 416 g/mol. The van der Waals surface area contributed by atoms with Crippen molar-refractivity contribution in [3.63, 3.8) is 0 Å². The zero-order chi connectivity index (χ0) is 20.4. The Bertz CT molecular complexity index is 1080. The van der Waals surface area contributed by atoms with E-state index in [-0.39, 0.29) is 11.7 Å². The predicted molar refractivity (Wildman–Crippen MR) is 110 cm³/mol. The van der Waals surface area contributed by atoms with E-state index in [0.29, 0.717) is 40.9 Å². The Kier molecular flexibility index (Phi) is 5.49. The first kappa shape index (κ1) is 19.8. The predicted octanol–water partition coefficient (Wildman–Crippen LogP) is 3.51. The van der Waals surface area contributed by atoms with Gasteiger partial charge in [-0.05, 0) is 54.8 Å². The number of nitrogens with one attached hydrogen (secondary N) is 1. The first-order valence-corrected chi connectivity index (χ1v) is 10.9. The molecule has 2 heterocycles. The van der Waals surface area contributed by atoms with Crippen LogP contribution in [0.4, 0.5) is 5.69 Å². The third-order valence-electron chi connectivity index (χ3n) is 4.68. The summed E-state index contributed by atoms with van der Waals surface area (Å²) in [7, 11) is -3.54. The van der Waals surface area contributed by atoms with Crippen molar-refractivity contribution in [2.45, 2.75) is 17.7 Å². The second-order valence-corrected chi connectivity index (χ2v) is 9.04. The van der Waals surface area contributed by atoms with Crippen molar-refractivity contribution in [3.05, 3.63) is 53.1 Å². The molecule has 1 fully saturated rings. The zero-order valence-electron chi connectivity index (χ0n) is 15.4. The molecule has 0 atom stereocenters. The molecule has 0 radical (unpaired) electrons. The number of hydrogen-bond donors (Lipinski definition) is 1. The fourth-order valence-corrected chi connectivity index (χ4v) is 5.09. The molecule has 0 aliphatic carbocycles. The molecule has 0 aromatic heterocycles. The van der Waals surface area contributed by atoms with E-state index >= 15 is 0 Å². The molecule has 0 saturated carbocycles. The summed E-state index contributed by atoms with van der Waals surface area (Å²) in [5.74, 6) is 0.621. The smallest absolute Gasteiger partial charge is 0.248 e. The van der Waals surface area contributed by atoms with Crippen LogP contribution in [-0.4, -0.2) is 38.5 Å². The normalized spacial score (nSPS) is 16.4. The van der Waals surface area contributed by atoms with Crippen molar-refractivity contribution in [2.75, 3.05) is 25.2 Å². The fourth-order valence-electron chi connectivity index (χ4n) is 3.25. The quantitative estimate of drug-likeness (QED) is 0.728. The largest absolute Gasteiger partial charge is 0.454 e. The molecule has 4 rings (SSSR count). The molecule has 2 aliphatic rings. The minimum atomic E-state index is -3.54. The number of amides is 1. The first-order valence-electron chi connectivity index (χ1n) is 9.12. The van der Waals surface area contributed by atoms with Crippen LogP contribution >= 0.6 is 11.6 Å². The van der Waals surface area contributed by atoms with E-state index in [1.54, 1.807) is 30.3 Å². The van der Waals surface area contributed by atoms with Crippen LogP contribution in [0.1, 0.15) is 18.4 Å². The second-order valence-electron chi connectivity index (χ2n) is 6.70. The highest BCUT2D eigenvalue weighted by atomic mass is 35.5. The van der Waals surface area contributed by atoms with Crippen molar-refractivity contribution in [2.24, 2.45) is 0 Å². The molecule has 152 valence electrons. The lowest BCUT2D eigenvalue weighted by Gasteiger charge is -2.16. The molecule has 1 saturated heterocycles. The minimum Gasteiger partial charge on any atom is -0.454 e. The Morgan fingerprint density at radius 3 is 2.72 bits per heavy atom. The maximum absolute atomic E-state index is 12.7. The number of sulfonamides is 1. The lowest BCUT2D eigenvalue weighted by atomic mass is 10.2. The summed E-state index contributed by atoms with van der Waals surface area (Å²) in [6, 6.07) is 9.65. The Morgan fingerprint density at radius 2 is 1.93 bits per heavy atom. The summed E-state index contributed by atoms with van der Waals surface area (Å²) in [6.07, 6.45) is 4.66. The molecule has 1 amide bonds.